The summed E-state index contributed by atoms with van der Waals surface area (Å²) in [6.45, 7) is 10.8. The molecule has 0 spiro atoms. The number of aromatic nitrogens is 1. The Bertz CT molecular complexity index is 927. The van der Waals surface area contributed by atoms with Crippen molar-refractivity contribution < 1.29 is 14.3 Å². The highest BCUT2D eigenvalue weighted by atomic mass is 16.5. The number of anilines is 1. The first-order valence-electron chi connectivity index (χ1n) is 11.7. The van der Waals surface area contributed by atoms with Crippen LogP contribution >= 0.6 is 0 Å². The Labute approximate surface area is 189 Å². The highest BCUT2D eigenvalue weighted by molar-refractivity contribution is 5.93. The topological polar surface area (TPSA) is 78.8 Å². The number of hydrogen-bond donors (Lipinski definition) is 2. The zero-order valence-electron chi connectivity index (χ0n) is 19.2. The highest BCUT2D eigenvalue weighted by Gasteiger charge is 2.25. The van der Waals surface area contributed by atoms with Crippen LogP contribution in [0.1, 0.15) is 26.7 Å². The standard InChI is InChI=1S/C24H35N5O3/c1-18(2)23(30)29-9-6-20(7-10-29)25-24(31)26-21-3-4-22-19(17-21)5-8-28(22)12-11-27-13-15-32-16-14-27/h3-5,8,17-18,20H,6-7,9-16H2,1-2H3,(H2,25,26,31). The van der Waals surface area contributed by atoms with Gasteiger partial charge in [0.15, 0.2) is 0 Å². The summed E-state index contributed by atoms with van der Waals surface area (Å²) in [5.74, 6) is 0.213. The molecule has 2 aromatic rings. The molecule has 1 aromatic carbocycles. The quantitative estimate of drug-likeness (QED) is 0.723. The summed E-state index contributed by atoms with van der Waals surface area (Å²) in [6, 6.07) is 8.04. The molecule has 0 radical (unpaired) electrons. The Morgan fingerprint density at radius 2 is 1.81 bits per heavy atom. The average molecular weight is 442 g/mol. The lowest BCUT2D eigenvalue weighted by Crippen LogP contribution is -2.48. The van der Waals surface area contributed by atoms with E-state index in [-0.39, 0.29) is 23.9 Å². The van der Waals surface area contributed by atoms with E-state index >= 15 is 0 Å². The van der Waals surface area contributed by atoms with Crippen molar-refractivity contribution in [3.8, 4) is 0 Å². The van der Waals surface area contributed by atoms with Crippen LogP contribution in [0.25, 0.3) is 10.9 Å². The van der Waals surface area contributed by atoms with Crippen LogP contribution < -0.4 is 10.6 Å². The molecule has 32 heavy (non-hydrogen) atoms. The van der Waals surface area contributed by atoms with E-state index in [1.165, 1.54) is 5.52 Å². The zero-order chi connectivity index (χ0) is 22.5. The molecule has 4 rings (SSSR count). The van der Waals surface area contributed by atoms with Crippen LogP contribution in [0.5, 0.6) is 0 Å². The van der Waals surface area contributed by atoms with Crippen molar-refractivity contribution in [2.75, 3.05) is 51.3 Å². The van der Waals surface area contributed by atoms with E-state index < -0.39 is 0 Å². The Balaban J connectivity index is 1.27. The number of likely N-dealkylation sites (tertiary alicyclic amines) is 1. The number of nitrogens with zero attached hydrogens (tertiary/aromatic N) is 3. The van der Waals surface area contributed by atoms with Crippen molar-refractivity contribution in [1.82, 2.24) is 19.7 Å². The molecule has 2 aliphatic rings. The average Bonchev–Trinajstić information content (AvgIpc) is 3.20. The second-order valence-electron chi connectivity index (χ2n) is 9.09. The molecule has 8 nitrogen and oxygen atoms in total. The molecule has 2 aliphatic heterocycles. The van der Waals surface area contributed by atoms with Gasteiger partial charge in [-0.15, -0.1) is 0 Å². The Kier molecular flexibility index (Phi) is 7.32. The van der Waals surface area contributed by atoms with Crippen LogP contribution in [-0.2, 0) is 16.1 Å². The van der Waals surface area contributed by atoms with Gasteiger partial charge >= 0.3 is 6.03 Å². The summed E-state index contributed by atoms with van der Waals surface area (Å²) in [4.78, 5) is 28.9. The lowest BCUT2D eigenvalue weighted by Gasteiger charge is -2.33. The number of carbonyl (C=O) groups excluding carboxylic acids is 2. The van der Waals surface area contributed by atoms with Crippen LogP contribution in [0, 0.1) is 5.92 Å². The van der Waals surface area contributed by atoms with Crippen molar-refractivity contribution in [2.24, 2.45) is 5.92 Å². The van der Waals surface area contributed by atoms with Gasteiger partial charge in [-0.1, -0.05) is 13.8 Å². The summed E-state index contributed by atoms with van der Waals surface area (Å²) in [5.41, 5.74) is 1.96. The first-order valence-corrected chi connectivity index (χ1v) is 11.7. The lowest BCUT2D eigenvalue weighted by molar-refractivity contribution is -0.135. The van der Waals surface area contributed by atoms with Crippen molar-refractivity contribution in [3.63, 3.8) is 0 Å². The predicted octanol–water partition coefficient (Wildman–Crippen LogP) is 2.74. The number of hydrogen-bond acceptors (Lipinski definition) is 4. The first-order chi connectivity index (χ1) is 15.5. The maximum absolute atomic E-state index is 12.5. The van der Waals surface area contributed by atoms with E-state index in [1.54, 1.807) is 0 Å². The van der Waals surface area contributed by atoms with Gasteiger partial charge in [0.2, 0.25) is 5.91 Å². The minimum Gasteiger partial charge on any atom is -0.379 e. The number of fused-ring (bicyclic) bond motifs is 1. The fourth-order valence-corrected chi connectivity index (χ4v) is 4.51. The number of ether oxygens (including phenoxy) is 1. The molecule has 2 saturated heterocycles. The Morgan fingerprint density at radius 3 is 2.53 bits per heavy atom. The monoisotopic (exact) mass is 441 g/mol. The van der Waals surface area contributed by atoms with Crippen molar-refractivity contribution in [3.05, 3.63) is 30.5 Å². The van der Waals surface area contributed by atoms with Gasteiger partial charge in [0, 0.05) is 74.0 Å². The molecule has 0 atom stereocenters. The maximum atomic E-state index is 12.5. The molecule has 0 bridgehead atoms. The van der Waals surface area contributed by atoms with Gasteiger partial charge in [0.25, 0.3) is 0 Å². The molecule has 0 unspecified atom stereocenters. The number of benzene rings is 1. The molecular weight excluding hydrogens is 406 g/mol. The second-order valence-corrected chi connectivity index (χ2v) is 9.09. The molecule has 0 saturated carbocycles. The van der Waals surface area contributed by atoms with Gasteiger partial charge in [0.05, 0.1) is 13.2 Å². The molecule has 3 heterocycles. The van der Waals surface area contributed by atoms with Crippen LogP contribution in [-0.4, -0.2) is 78.3 Å². The number of rotatable bonds is 6. The van der Waals surface area contributed by atoms with Crippen LogP contribution in [0.15, 0.2) is 30.5 Å². The van der Waals surface area contributed by atoms with Gasteiger partial charge < -0.3 is 24.8 Å². The van der Waals surface area contributed by atoms with Gasteiger partial charge in [-0.3, -0.25) is 9.69 Å². The molecular formula is C24H35N5O3. The number of nitrogens with one attached hydrogen (secondary N) is 2. The third-order valence-corrected chi connectivity index (χ3v) is 6.43. The van der Waals surface area contributed by atoms with Crippen molar-refractivity contribution in [1.29, 1.82) is 0 Å². The van der Waals surface area contributed by atoms with Gasteiger partial charge in [-0.05, 0) is 37.1 Å². The second kappa shape index (κ2) is 10.4. The van der Waals surface area contributed by atoms with Gasteiger partial charge in [0.1, 0.15) is 0 Å². The zero-order valence-corrected chi connectivity index (χ0v) is 19.2. The van der Waals surface area contributed by atoms with Crippen LogP contribution in [0.3, 0.4) is 0 Å². The number of piperidine rings is 1. The molecule has 8 heteroatoms. The third kappa shape index (κ3) is 5.61. The van der Waals surface area contributed by atoms with Crippen LogP contribution in [0.4, 0.5) is 10.5 Å². The van der Waals surface area contributed by atoms with Crippen LogP contribution in [0.2, 0.25) is 0 Å². The fraction of sp³-hybridized carbons (Fsp3) is 0.583. The Morgan fingerprint density at radius 1 is 1.06 bits per heavy atom. The third-order valence-electron chi connectivity index (χ3n) is 6.43. The molecule has 3 amide bonds. The molecule has 174 valence electrons. The lowest BCUT2D eigenvalue weighted by atomic mass is 10.0. The van der Waals surface area contributed by atoms with E-state index in [0.717, 1.165) is 63.3 Å². The maximum Gasteiger partial charge on any atom is 0.319 e. The smallest absolute Gasteiger partial charge is 0.319 e. The van der Waals surface area contributed by atoms with Gasteiger partial charge in [-0.2, -0.15) is 0 Å². The summed E-state index contributed by atoms with van der Waals surface area (Å²) < 4.78 is 7.68. The number of urea groups is 1. The SMILES string of the molecule is CC(C)C(=O)N1CCC(NC(=O)Nc2ccc3c(ccn3CCN3CCOCC3)c2)CC1. The normalized spacial score (nSPS) is 18.3. The molecule has 1 aromatic heterocycles. The predicted molar refractivity (Wildman–Crippen MR) is 126 cm³/mol. The summed E-state index contributed by atoms with van der Waals surface area (Å²) in [5, 5.41) is 7.14. The molecule has 2 N–H and O–H groups in total. The Hall–Kier alpha value is -2.58. The summed E-state index contributed by atoms with van der Waals surface area (Å²) in [7, 11) is 0. The minimum atomic E-state index is -0.190. The highest BCUT2D eigenvalue weighted by Crippen LogP contribution is 2.21. The van der Waals surface area contributed by atoms with E-state index in [0.29, 0.717) is 13.1 Å². The minimum absolute atomic E-state index is 0.0203. The first kappa shape index (κ1) is 22.6. The van der Waals surface area contributed by atoms with E-state index in [4.69, 9.17) is 4.74 Å². The van der Waals surface area contributed by atoms with E-state index in [2.05, 4.69) is 38.4 Å². The number of amides is 3. The largest absolute Gasteiger partial charge is 0.379 e. The van der Waals surface area contributed by atoms with Crippen molar-refractivity contribution >= 4 is 28.5 Å². The van der Waals surface area contributed by atoms with E-state index in [1.807, 2.05) is 30.9 Å². The molecule has 0 aliphatic carbocycles. The summed E-state index contributed by atoms with van der Waals surface area (Å²) >= 11 is 0. The van der Waals surface area contributed by atoms with Gasteiger partial charge in [-0.25, -0.2) is 4.79 Å². The number of morpholine rings is 1. The number of carbonyl (C=O) groups is 2. The fourth-order valence-electron chi connectivity index (χ4n) is 4.51. The molecule has 2 fully saturated rings. The van der Waals surface area contributed by atoms with E-state index in [9.17, 15) is 9.59 Å². The summed E-state index contributed by atoms with van der Waals surface area (Å²) in [6.07, 6.45) is 3.69. The van der Waals surface area contributed by atoms with Crippen molar-refractivity contribution in [2.45, 2.75) is 39.3 Å².